The molecule has 1 saturated heterocycles. The van der Waals surface area contributed by atoms with Crippen LogP contribution in [0.25, 0.3) is 0 Å². The summed E-state index contributed by atoms with van der Waals surface area (Å²) in [6.07, 6.45) is 1.83. The molecule has 0 aliphatic carbocycles. The van der Waals surface area contributed by atoms with E-state index in [-0.39, 0.29) is 17.5 Å². The van der Waals surface area contributed by atoms with E-state index in [0.717, 1.165) is 18.4 Å². The highest BCUT2D eigenvalue weighted by molar-refractivity contribution is 7.89. The van der Waals surface area contributed by atoms with Crippen molar-refractivity contribution < 1.29 is 13.5 Å². The molecule has 2 rings (SSSR count). The molecule has 0 amide bonds. The monoisotopic (exact) mass is 269 g/mol. The fourth-order valence-corrected chi connectivity index (χ4v) is 4.13. The van der Waals surface area contributed by atoms with Gasteiger partial charge in [-0.1, -0.05) is 6.07 Å². The molecule has 1 heterocycles. The lowest BCUT2D eigenvalue weighted by Crippen LogP contribution is -2.33. The average Bonchev–Trinajstić information content (AvgIpc) is 2.76. The molecule has 0 bridgehead atoms. The van der Waals surface area contributed by atoms with Gasteiger partial charge in [0.05, 0.1) is 11.5 Å². The Morgan fingerprint density at radius 3 is 2.72 bits per heavy atom. The molecule has 1 N–H and O–H groups in total. The van der Waals surface area contributed by atoms with Crippen LogP contribution >= 0.6 is 0 Å². The minimum atomic E-state index is -3.42. The van der Waals surface area contributed by atoms with Crippen molar-refractivity contribution in [2.45, 2.75) is 44.2 Å². The second-order valence-corrected chi connectivity index (χ2v) is 6.74. The molecule has 0 radical (unpaired) electrons. The lowest BCUT2D eigenvalue weighted by molar-refractivity contribution is 0.280. The quantitative estimate of drug-likeness (QED) is 0.908. The highest BCUT2D eigenvalue weighted by Gasteiger charge is 2.32. The van der Waals surface area contributed by atoms with Gasteiger partial charge in [-0.05, 0) is 49.9 Å². The van der Waals surface area contributed by atoms with Crippen LogP contribution in [0.4, 0.5) is 0 Å². The summed E-state index contributed by atoms with van der Waals surface area (Å²) in [4.78, 5) is 0.283. The van der Waals surface area contributed by atoms with Crippen molar-refractivity contribution in [3.8, 4) is 0 Å². The third-order valence-corrected chi connectivity index (χ3v) is 5.60. The molecule has 1 fully saturated rings. The summed E-state index contributed by atoms with van der Waals surface area (Å²) in [5, 5.41) is 9.22. The Morgan fingerprint density at radius 1 is 1.44 bits per heavy atom. The molecule has 1 aromatic carbocycles. The Bertz CT molecular complexity index is 539. The van der Waals surface area contributed by atoms with Gasteiger partial charge in [0.25, 0.3) is 0 Å². The van der Waals surface area contributed by atoms with Crippen molar-refractivity contribution in [2.24, 2.45) is 0 Å². The Morgan fingerprint density at radius 2 is 2.17 bits per heavy atom. The van der Waals surface area contributed by atoms with Gasteiger partial charge in [-0.15, -0.1) is 0 Å². The number of sulfonamides is 1. The molecule has 5 heteroatoms. The second kappa shape index (κ2) is 4.99. The van der Waals surface area contributed by atoms with Gasteiger partial charge in [0.1, 0.15) is 0 Å². The van der Waals surface area contributed by atoms with Gasteiger partial charge in [-0.2, -0.15) is 4.31 Å². The lowest BCUT2D eigenvalue weighted by atomic mass is 10.1. The average molecular weight is 269 g/mol. The molecule has 100 valence electrons. The van der Waals surface area contributed by atoms with Crippen molar-refractivity contribution in [3.05, 3.63) is 29.3 Å². The Hall–Kier alpha value is -0.910. The molecule has 1 aliphatic rings. The first kappa shape index (κ1) is 13.5. The molecule has 1 aromatic rings. The number of benzene rings is 1. The van der Waals surface area contributed by atoms with E-state index in [1.165, 1.54) is 0 Å². The van der Waals surface area contributed by atoms with Crippen LogP contribution in [0.5, 0.6) is 0 Å². The van der Waals surface area contributed by atoms with E-state index in [9.17, 15) is 13.5 Å². The van der Waals surface area contributed by atoms with Gasteiger partial charge in [0.15, 0.2) is 0 Å². The summed E-state index contributed by atoms with van der Waals surface area (Å²) in [6, 6.07) is 5.01. The largest absolute Gasteiger partial charge is 0.392 e. The Kier molecular flexibility index (Phi) is 3.75. The first-order chi connectivity index (χ1) is 8.46. The Labute approximate surface area is 108 Å². The summed E-state index contributed by atoms with van der Waals surface area (Å²) < 4.78 is 26.5. The van der Waals surface area contributed by atoms with Crippen molar-refractivity contribution in [1.82, 2.24) is 4.31 Å². The summed E-state index contributed by atoms with van der Waals surface area (Å²) in [6.45, 7) is 4.25. The molecule has 0 saturated carbocycles. The van der Waals surface area contributed by atoms with Crippen molar-refractivity contribution >= 4 is 10.0 Å². The number of rotatable bonds is 3. The molecular formula is C13H19NO3S. The smallest absolute Gasteiger partial charge is 0.243 e. The van der Waals surface area contributed by atoms with Gasteiger partial charge in [0.2, 0.25) is 10.0 Å². The lowest BCUT2D eigenvalue weighted by Gasteiger charge is -2.21. The summed E-state index contributed by atoms with van der Waals surface area (Å²) in [5.74, 6) is 0. The van der Waals surface area contributed by atoms with E-state index < -0.39 is 10.0 Å². The topological polar surface area (TPSA) is 57.6 Å². The molecular weight excluding hydrogens is 250 g/mol. The molecule has 0 aromatic heterocycles. The SMILES string of the molecule is Cc1ccc(S(=O)(=O)N2CCCC2C)cc1CO. The van der Waals surface area contributed by atoms with Gasteiger partial charge >= 0.3 is 0 Å². The minimum absolute atomic E-state index is 0.0638. The zero-order chi connectivity index (χ0) is 13.3. The maximum absolute atomic E-state index is 12.5. The molecule has 1 atom stereocenters. The zero-order valence-electron chi connectivity index (χ0n) is 10.8. The first-order valence-corrected chi connectivity index (χ1v) is 7.63. The minimum Gasteiger partial charge on any atom is -0.392 e. The number of hydrogen-bond donors (Lipinski definition) is 1. The van der Waals surface area contributed by atoms with E-state index in [1.54, 1.807) is 22.5 Å². The van der Waals surface area contributed by atoms with Crippen molar-refractivity contribution in [3.63, 3.8) is 0 Å². The maximum atomic E-state index is 12.5. The number of aryl methyl sites for hydroxylation is 1. The predicted octanol–water partition coefficient (Wildman–Crippen LogP) is 1.66. The molecule has 18 heavy (non-hydrogen) atoms. The van der Waals surface area contributed by atoms with Crippen LogP contribution in [0.15, 0.2) is 23.1 Å². The van der Waals surface area contributed by atoms with E-state index in [2.05, 4.69) is 0 Å². The van der Waals surface area contributed by atoms with Crippen LogP contribution in [0, 0.1) is 6.92 Å². The highest BCUT2D eigenvalue weighted by Crippen LogP contribution is 2.26. The molecule has 0 spiro atoms. The molecule has 4 nitrogen and oxygen atoms in total. The van der Waals surface area contributed by atoms with E-state index in [0.29, 0.717) is 12.1 Å². The van der Waals surface area contributed by atoms with E-state index in [4.69, 9.17) is 0 Å². The summed E-state index contributed by atoms with van der Waals surface area (Å²) in [7, 11) is -3.42. The maximum Gasteiger partial charge on any atom is 0.243 e. The van der Waals surface area contributed by atoms with E-state index in [1.807, 2.05) is 13.8 Å². The standard InChI is InChI=1S/C13H19NO3S/c1-10-5-6-13(8-12(10)9-15)18(16,17)14-7-3-4-11(14)2/h5-6,8,11,15H,3-4,7,9H2,1-2H3. The van der Waals surface area contributed by atoms with E-state index >= 15 is 0 Å². The van der Waals surface area contributed by atoms with Crippen LogP contribution in [0.3, 0.4) is 0 Å². The van der Waals surface area contributed by atoms with Crippen LogP contribution in [0.2, 0.25) is 0 Å². The second-order valence-electron chi connectivity index (χ2n) is 4.85. The fraction of sp³-hybridized carbons (Fsp3) is 0.538. The van der Waals surface area contributed by atoms with Gasteiger partial charge in [-0.3, -0.25) is 0 Å². The number of nitrogens with zero attached hydrogens (tertiary/aromatic N) is 1. The van der Waals surface area contributed by atoms with Gasteiger partial charge in [-0.25, -0.2) is 8.42 Å². The fourth-order valence-electron chi connectivity index (χ4n) is 2.38. The Balaban J connectivity index is 2.41. The third kappa shape index (κ3) is 2.30. The van der Waals surface area contributed by atoms with Crippen LogP contribution in [-0.2, 0) is 16.6 Å². The number of aliphatic hydroxyl groups excluding tert-OH is 1. The van der Waals surface area contributed by atoms with Gasteiger partial charge in [0, 0.05) is 12.6 Å². The van der Waals surface area contributed by atoms with Crippen molar-refractivity contribution in [2.75, 3.05) is 6.54 Å². The zero-order valence-corrected chi connectivity index (χ0v) is 11.6. The van der Waals surface area contributed by atoms with Crippen LogP contribution < -0.4 is 0 Å². The first-order valence-electron chi connectivity index (χ1n) is 6.19. The highest BCUT2D eigenvalue weighted by atomic mass is 32.2. The van der Waals surface area contributed by atoms with Gasteiger partial charge < -0.3 is 5.11 Å². The third-order valence-electron chi connectivity index (χ3n) is 3.59. The number of hydrogen-bond acceptors (Lipinski definition) is 3. The normalized spacial score (nSPS) is 21.4. The van der Waals surface area contributed by atoms with Crippen molar-refractivity contribution in [1.29, 1.82) is 0 Å². The summed E-state index contributed by atoms with van der Waals surface area (Å²) >= 11 is 0. The van der Waals surface area contributed by atoms with Crippen LogP contribution in [0.1, 0.15) is 30.9 Å². The number of aliphatic hydroxyl groups is 1. The van der Waals surface area contributed by atoms with Crippen LogP contribution in [-0.4, -0.2) is 30.4 Å². The molecule has 1 unspecified atom stereocenters. The molecule has 1 aliphatic heterocycles. The summed E-state index contributed by atoms with van der Waals surface area (Å²) in [5.41, 5.74) is 1.58. The predicted molar refractivity (Wildman–Crippen MR) is 69.7 cm³/mol.